The van der Waals surface area contributed by atoms with Crippen molar-refractivity contribution < 1.29 is 19.1 Å². The number of nitrogens with one attached hydrogen (secondary N) is 1. The minimum atomic E-state index is -0.277. The second-order valence-electron chi connectivity index (χ2n) is 9.33. The second-order valence-corrected chi connectivity index (χ2v) is 10.4. The van der Waals surface area contributed by atoms with Crippen LogP contribution in [-0.4, -0.2) is 67.3 Å². The molecule has 3 aliphatic rings. The molecule has 1 N–H and O–H groups in total. The predicted molar refractivity (Wildman–Crippen MR) is 125 cm³/mol. The third-order valence-electron chi connectivity index (χ3n) is 6.46. The molecule has 1 atom stereocenters. The van der Waals surface area contributed by atoms with Gasteiger partial charge in [0.15, 0.2) is 0 Å². The molecule has 3 aliphatic heterocycles. The van der Waals surface area contributed by atoms with Gasteiger partial charge in [-0.15, -0.1) is 11.8 Å². The highest BCUT2D eigenvalue weighted by Gasteiger charge is 2.35. The van der Waals surface area contributed by atoms with Crippen LogP contribution < -0.4 is 10.2 Å². The van der Waals surface area contributed by atoms with E-state index in [1.807, 2.05) is 25.6 Å². The number of hydrogen-bond acceptors (Lipinski definition) is 7. The monoisotopic (exact) mass is 459 g/mol. The lowest BCUT2D eigenvalue weighted by Gasteiger charge is -2.40. The Morgan fingerprint density at radius 2 is 1.97 bits per heavy atom. The largest absolute Gasteiger partial charge is 0.464 e. The number of likely N-dealkylation sites (tertiary alicyclic amines) is 1. The molecule has 7 nitrogen and oxygen atoms in total. The van der Waals surface area contributed by atoms with Crippen LogP contribution in [0.1, 0.15) is 51.0 Å². The second kappa shape index (κ2) is 10.3. The van der Waals surface area contributed by atoms with Crippen molar-refractivity contribution >= 4 is 35.2 Å². The quantitative estimate of drug-likeness (QED) is 0.518. The van der Waals surface area contributed by atoms with Crippen molar-refractivity contribution in [2.24, 2.45) is 5.92 Å². The molecule has 1 aromatic rings. The zero-order valence-corrected chi connectivity index (χ0v) is 19.8. The number of fused-ring (bicyclic) bond motifs is 1. The minimum absolute atomic E-state index is 0.135. The van der Waals surface area contributed by atoms with Gasteiger partial charge in [0.25, 0.3) is 0 Å². The molecule has 32 heavy (non-hydrogen) atoms. The van der Waals surface area contributed by atoms with Crippen LogP contribution in [-0.2, 0) is 19.1 Å². The molecule has 3 heterocycles. The summed E-state index contributed by atoms with van der Waals surface area (Å²) in [5, 5.41) is 2.50. The Morgan fingerprint density at radius 1 is 1.19 bits per heavy atom. The number of ether oxygens (including phenoxy) is 1. The van der Waals surface area contributed by atoms with Crippen LogP contribution in [0.15, 0.2) is 23.1 Å². The first-order chi connectivity index (χ1) is 15.4. The fraction of sp³-hybridized carbons (Fsp3) is 0.625. The fourth-order valence-electron chi connectivity index (χ4n) is 4.81. The number of rotatable bonds is 6. The first-order valence-corrected chi connectivity index (χ1v) is 12.6. The van der Waals surface area contributed by atoms with Crippen molar-refractivity contribution in [2.75, 3.05) is 43.4 Å². The van der Waals surface area contributed by atoms with Gasteiger partial charge in [-0.2, -0.15) is 0 Å². The number of carbonyl (C=O) groups excluding carboxylic acids is 3. The number of piperidine rings is 2. The number of esters is 1. The summed E-state index contributed by atoms with van der Waals surface area (Å²) in [7, 11) is 0. The van der Waals surface area contributed by atoms with E-state index < -0.39 is 0 Å². The topological polar surface area (TPSA) is 79.0 Å². The van der Waals surface area contributed by atoms with Gasteiger partial charge in [-0.25, -0.2) is 0 Å². The van der Waals surface area contributed by atoms with Gasteiger partial charge in [0, 0.05) is 23.6 Å². The van der Waals surface area contributed by atoms with Crippen molar-refractivity contribution in [3.05, 3.63) is 23.8 Å². The first-order valence-electron chi connectivity index (χ1n) is 11.7. The van der Waals surface area contributed by atoms with E-state index in [0.29, 0.717) is 37.8 Å². The lowest BCUT2D eigenvalue weighted by atomic mass is 9.88. The van der Waals surface area contributed by atoms with Crippen molar-refractivity contribution in [1.29, 1.82) is 0 Å². The molecule has 0 saturated carbocycles. The summed E-state index contributed by atoms with van der Waals surface area (Å²) in [4.78, 5) is 41.8. The van der Waals surface area contributed by atoms with E-state index in [9.17, 15) is 14.4 Å². The summed E-state index contributed by atoms with van der Waals surface area (Å²) in [5.74, 6) is 1.24. The van der Waals surface area contributed by atoms with Gasteiger partial charge in [0.2, 0.25) is 11.8 Å². The van der Waals surface area contributed by atoms with Crippen molar-refractivity contribution in [3.8, 4) is 0 Å². The third kappa shape index (κ3) is 5.29. The highest BCUT2D eigenvalue weighted by molar-refractivity contribution is 7.99. The highest BCUT2D eigenvalue weighted by atomic mass is 32.2. The average Bonchev–Trinajstić information content (AvgIpc) is 2.78. The van der Waals surface area contributed by atoms with Gasteiger partial charge >= 0.3 is 5.97 Å². The van der Waals surface area contributed by atoms with E-state index >= 15 is 0 Å². The highest BCUT2D eigenvalue weighted by Crippen LogP contribution is 2.43. The molecule has 174 valence electrons. The van der Waals surface area contributed by atoms with E-state index in [0.717, 1.165) is 43.9 Å². The molecule has 2 amide bonds. The number of anilines is 1. The molecule has 0 bridgehead atoms. The average molecular weight is 460 g/mol. The standard InChI is InChI=1S/C24H33N3O4S/c1-16(2)15-31-22(29)14-26-10-8-17(9-11-26)18-4-3-5-19-23(18)32-13-12-27(19)20-6-7-21(28)25-24(20)30/h3-5,16-17,20H,6-15H2,1-2H3,(H,25,28,30). The zero-order valence-electron chi connectivity index (χ0n) is 19.0. The Bertz CT molecular complexity index is 867. The maximum atomic E-state index is 12.5. The van der Waals surface area contributed by atoms with Gasteiger partial charge in [-0.3, -0.25) is 24.6 Å². The molecule has 1 unspecified atom stereocenters. The number of thioether (sulfide) groups is 1. The van der Waals surface area contributed by atoms with E-state index in [-0.39, 0.29) is 23.8 Å². The number of imide groups is 1. The molecular formula is C24H33N3O4S. The third-order valence-corrected chi connectivity index (χ3v) is 7.58. The normalized spacial score (nSPS) is 22.6. The summed E-state index contributed by atoms with van der Waals surface area (Å²) in [5.41, 5.74) is 2.47. The SMILES string of the molecule is CC(C)COC(=O)CN1CCC(c2cccc3c2SCCN3C2CCC(=O)NC2=O)CC1. The molecule has 0 radical (unpaired) electrons. The molecule has 0 spiro atoms. The van der Waals surface area contributed by atoms with Crippen molar-refractivity contribution in [2.45, 2.75) is 56.4 Å². The van der Waals surface area contributed by atoms with Crippen LogP contribution in [0.25, 0.3) is 0 Å². The summed E-state index contributed by atoms with van der Waals surface area (Å²) in [6.45, 7) is 7.50. The summed E-state index contributed by atoms with van der Waals surface area (Å²) in [6, 6.07) is 6.14. The maximum Gasteiger partial charge on any atom is 0.320 e. The van der Waals surface area contributed by atoms with Crippen molar-refractivity contribution in [1.82, 2.24) is 10.2 Å². The Kier molecular flexibility index (Phi) is 7.40. The van der Waals surface area contributed by atoms with Gasteiger partial charge in [0.05, 0.1) is 18.8 Å². The van der Waals surface area contributed by atoms with E-state index in [4.69, 9.17) is 4.74 Å². The first kappa shape index (κ1) is 23.1. The number of benzene rings is 1. The lowest BCUT2D eigenvalue weighted by Crippen LogP contribution is -2.54. The molecular weight excluding hydrogens is 426 g/mol. The van der Waals surface area contributed by atoms with Crippen LogP contribution >= 0.6 is 11.8 Å². The molecule has 2 saturated heterocycles. The molecule has 0 aromatic heterocycles. The van der Waals surface area contributed by atoms with Gasteiger partial charge in [0.1, 0.15) is 6.04 Å². The Balaban J connectivity index is 1.41. The van der Waals surface area contributed by atoms with Gasteiger partial charge in [-0.1, -0.05) is 26.0 Å². The zero-order chi connectivity index (χ0) is 22.7. The van der Waals surface area contributed by atoms with Crippen LogP contribution in [0, 0.1) is 5.92 Å². The van der Waals surface area contributed by atoms with E-state index in [1.54, 1.807) is 0 Å². The Labute approximate surface area is 194 Å². The predicted octanol–water partition coefficient (Wildman–Crippen LogP) is 2.78. The number of amides is 2. The smallest absolute Gasteiger partial charge is 0.320 e. The molecule has 8 heteroatoms. The Hall–Kier alpha value is -2.06. The molecule has 0 aliphatic carbocycles. The number of nitrogens with zero attached hydrogens (tertiary/aromatic N) is 2. The maximum absolute atomic E-state index is 12.5. The van der Waals surface area contributed by atoms with Gasteiger partial charge < -0.3 is 9.64 Å². The van der Waals surface area contributed by atoms with Crippen LogP contribution in [0.5, 0.6) is 0 Å². The van der Waals surface area contributed by atoms with E-state index in [2.05, 4.69) is 33.3 Å². The van der Waals surface area contributed by atoms with Crippen molar-refractivity contribution in [3.63, 3.8) is 0 Å². The fourth-order valence-corrected chi connectivity index (χ4v) is 6.03. The molecule has 4 rings (SSSR count). The molecule has 2 fully saturated rings. The van der Waals surface area contributed by atoms with Crippen LogP contribution in [0.3, 0.4) is 0 Å². The number of carbonyl (C=O) groups is 3. The summed E-state index contributed by atoms with van der Waals surface area (Å²) >= 11 is 1.87. The van der Waals surface area contributed by atoms with Crippen LogP contribution in [0.4, 0.5) is 5.69 Å². The molecule has 1 aromatic carbocycles. The Morgan fingerprint density at radius 3 is 2.69 bits per heavy atom. The lowest BCUT2D eigenvalue weighted by molar-refractivity contribution is -0.146. The summed E-state index contributed by atoms with van der Waals surface area (Å²) in [6.07, 6.45) is 2.98. The van der Waals surface area contributed by atoms with Crippen LogP contribution in [0.2, 0.25) is 0 Å². The minimum Gasteiger partial charge on any atom is -0.464 e. The number of hydrogen-bond donors (Lipinski definition) is 1. The van der Waals surface area contributed by atoms with Gasteiger partial charge in [-0.05, 0) is 55.8 Å². The van der Waals surface area contributed by atoms with E-state index in [1.165, 1.54) is 10.5 Å². The summed E-state index contributed by atoms with van der Waals surface area (Å²) < 4.78 is 5.33.